The Hall–Kier alpha value is -2.67. The van der Waals surface area contributed by atoms with E-state index in [0.717, 1.165) is 48.8 Å². The first-order valence-electron chi connectivity index (χ1n) is 9.94. The number of para-hydroxylation sites is 2. The van der Waals surface area contributed by atoms with Crippen molar-refractivity contribution in [1.29, 1.82) is 0 Å². The summed E-state index contributed by atoms with van der Waals surface area (Å²) < 4.78 is 11.0. The highest BCUT2D eigenvalue weighted by Crippen LogP contribution is 2.29. The van der Waals surface area contributed by atoms with Crippen molar-refractivity contribution in [2.45, 2.75) is 26.2 Å². The Bertz CT molecular complexity index is 836. The van der Waals surface area contributed by atoms with Crippen molar-refractivity contribution < 1.29 is 14.3 Å². The van der Waals surface area contributed by atoms with Crippen LogP contribution in [0.2, 0.25) is 0 Å². The lowest BCUT2D eigenvalue weighted by atomic mass is 9.86. The number of hydrogen-bond acceptors (Lipinski definition) is 6. The predicted octanol–water partition coefficient (Wildman–Crippen LogP) is 2.46. The van der Waals surface area contributed by atoms with Gasteiger partial charge in [0, 0.05) is 30.9 Å². The number of amides is 1. The van der Waals surface area contributed by atoms with E-state index in [9.17, 15) is 4.79 Å². The van der Waals surface area contributed by atoms with Crippen LogP contribution in [0.3, 0.4) is 0 Å². The molecule has 1 amide bonds. The van der Waals surface area contributed by atoms with Crippen molar-refractivity contribution in [3.8, 4) is 5.75 Å². The molecule has 1 aliphatic carbocycles. The van der Waals surface area contributed by atoms with Gasteiger partial charge in [0.1, 0.15) is 5.75 Å². The van der Waals surface area contributed by atoms with E-state index in [-0.39, 0.29) is 11.8 Å². The van der Waals surface area contributed by atoms with Crippen LogP contribution in [0, 0.1) is 5.92 Å². The number of nitrogens with zero attached hydrogens (tertiary/aromatic N) is 3. The molecule has 1 saturated heterocycles. The van der Waals surface area contributed by atoms with E-state index in [1.54, 1.807) is 0 Å². The number of benzene rings is 1. The number of aromatic nitrogens is 2. The Morgan fingerprint density at radius 2 is 2.14 bits per heavy atom. The van der Waals surface area contributed by atoms with Crippen molar-refractivity contribution in [2.24, 2.45) is 5.92 Å². The molecule has 2 aromatic rings. The fourth-order valence-corrected chi connectivity index (χ4v) is 3.72. The summed E-state index contributed by atoms with van der Waals surface area (Å²) in [5, 5.41) is 3.03. The van der Waals surface area contributed by atoms with Crippen molar-refractivity contribution in [1.82, 2.24) is 9.97 Å². The lowest BCUT2D eigenvalue weighted by Gasteiger charge is -2.29. The summed E-state index contributed by atoms with van der Waals surface area (Å²) in [6, 6.07) is 7.55. The summed E-state index contributed by atoms with van der Waals surface area (Å²) >= 11 is 0. The van der Waals surface area contributed by atoms with Crippen molar-refractivity contribution >= 4 is 17.5 Å². The van der Waals surface area contributed by atoms with E-state index in [2.05, 4.69) is 15.2 Å². The van der Waals surface area contributed by atoms with E-state index in [1.165, 1.54) is 0 Å². The molecule has 28 heavy (non-hydrogen) atoms. The first-order valence-corrected chi connectivity index (χ1v) is 9.94. The normalized spacial score (nSPS) is 19.0. The second-order valence-electron chi connectivity index (χ2n) is 7.10. The molecule has 1 fully saturated rings. The standard InChI is InChI=1S/C21H26N4O3/c1-2-28-19-6-4-3-5-18(19)23-20(26)15-7-8-17-16(13-15)14-22-21(24-17)25-9-11-27-12-10-25/h3-6,14-15H,2,7-13H2,1H3,(H,23,26)/t15-/m0/s1. The molecule has 0 saturated carbocycles. The number of anilines is 2. The SMILES string of the molecule is CCOc1ccccc1NC(=O)[C@H]1CCc2nc(N3CCOCC3)ncc2C1. The van der Waals surface area contributed by atoms with E-state index in [4.69, 9.17) is 14.5 Å². The molecule has 7 nitrogen and oxygen atoms in total. The molecule has 7 heteroatoms. The monoisotopic (exact) mass is 382 g/mol. The van der Waals surface area contributed by atoms with Gasteiger partial charge >= 0.3 is 0 Å². The highest BCUT2D eigenvalue weighted by molar-refractivity contribution is 5.94. The zero-order chi connectivity index (χ0) is 19.3. The first-order chi connectivity index (χ1) is 13.7. The number of aryl methyl sites for hydroxylation is 1. The maximum Gasteiger partial charge on any atom is 0.227 e. The number of nitrogens with one attached hydrogen (secondary N) is 1. The Kier molecular flexibility index (Phi) is 5.71. The number of carbonyl (C=O) groups is 1. The molecule has 0 spiro atoms. The summed E-state index contributed by atoms with van der Waals surface area (Å²) in [5.41, 5.74) is 2.86. The molecule has 4 rings (SSSR count). The van der Waals surface area contributed by atoms with Crippen LogP contribution < -0.4 is 15.0 Å². The minimum Gasteiger partial charge on any atom is -0.492 e. The Balaban J connectivity index is 1.43. The zero-order valence-corrected chi connectivity index (χ0v) is 16.2. The Morgan fingerprint density at radius 3 is 2.96 bits per heavy atom. The second kappa shape index (κ2) is 8.56. The molecular weight excluding hydrogens is 356 g/mol. The Morgan fingerprint density at radius 1 is 1.32 bits per heavy atom. The van der Waals surface area contributed by atoms with Crippen LogP contribution in [0.25, 0.3) is 0 Å². The molecule has 0 radical (unpaired) electrons. The Labute approximate surface area is 165 Å². The fraction of sp³-hybridized carbons (Fsp3) is 0.476. The summed E-state index contributed by atoms with van der Waals surface area (Å²) in [6.45, 7) is 5.57. The molecule has 2 heterocycles. The van der Waals surface area contributed by atoms with Gasteiger partial charge in [0.15, 0.2) is 0 Å². The highest BCUT2D eigenvalue weighted by Gasteiger charge is 2.27. The van der Waals surface area contributed by atoms with Crippen molar-refractivity contribution in [3.63, 3.8) is 0 Å². The predicted molar refractivity (Wildman–Crippen MR) is 107 cm³/mol. The van der Waals surface area contributed by atoms with Gasteiger partial charge < -0.3 is 19.7 Å². The molecular formula is C21H26N4O3. The molecule has 1 aromatic heterocycles. The maximum absolute atomic E-state index is 12.8. The molecule has 1 aliphatic heterocycles. The van der Waals surface area contributed by atoms with Crippen LogP contribution in [0.5, 0.6) is 5.75 Å². The number of carbonyl (C=O) groups excluding carboxylic acids is 1. The minimum atomic E-state index is -0.0833. The van der Waals surface area contributed by atoms with Gasteiger partial charge in [-0.1, -0.05) is 12.1 Å². The van der Waals surface area contributed by atoms with Crippen LogP contribution in [-0.4, -0.2) is 48.8 Å². The largest absolute Gasteiger partial charge is 0.492 e. The van der Waals surface area contributed by atoms with Gasteiger partial charge in [0.05, 0.1) is 25.5 Å². The van der Waals surface area contributed by atoms with Crippen LogP contribution in [0.4, 0.5) is 11.6 Å². The fourth-order valence-electron chi connectivity index (χ4n) is 3.72. The summed E-state index contributed by atoms with van der Waals surface area (Å²) in [4.78, 5) is 24.3. The van der Waals surface area contributed by atoms with E-state index < -0.39 is 0 Å². The molecule has 148 valence electrons. The van der Waals surface area contributed by atoms with Crippen LogP contribution in [0.1, 0.15) is 24.6 Å². The third kappa shape index (κ3) is 4.09. The summed E-state index contributed by atoms with van der Waals surface area (Å²) in [6.07, 6.45) is 4.14. The molecule has 1 aromatic carbocycles. The molecule has 1 atom stereocenters. The van der Waals surface area contributed by atoms with E-state index in [1.807, 2.05) is 37.4 Å². The molecule has 0 unspecified atom stereocenters. The molecule has 2 aliphatic rings. The topological polar surface area (TPSA) is 76.6 Å². The highest BCUT2D eigenvalue weighted by atomic mass is 16.5. The third-order valence-electron chi connectivity index (χ3n) is 5.25. The van der Waals surface area contributed by atoms with Gasteiger partial charge in [0.2, 0.25) is 11.9 Å². The average Bonchev–Trinajstić information content (AvgIpc) is 2.75. The number of hydrogen-bond donors (Lipinski definition) is 1. The molecule has 1 N–H and O–H groups in total. The van der Waals surface area contributed by atoms with Crippen LogP contribution >= 0.6 is 0 Å². The number of morpholine rings is 1. The van der Waals surface area contributed by atoms with Gasteiger partial charge in [-0.3, -0.25) is 4.79 Å². The lowest BCUT2D eigenvalue weighted by molar-refractivity contribution is -0.120. The second-order valence-corrected chi connectivity index (χ2v) is 7.10. The van der Waals surface area contributed by atoms with Gasteiger partial charge in [-0.15, -0.1) is 0 Å². The van der Waals surface area contributed by atoms with Gasteiger partial charge in [-0.2, -0.15) is 0 Å². The minimum absolute atomic E-state index is 0.0232. The molecule has 0 bridgehead atoms. The van der Waals surface area contributed by atoms with Gasteiger partial charge in [0.25, 0.3) is 0 Å². The van der Waals surface area contributed by atoms with E-state index in [0.29, 0.717) is 32.0 Å². The number of rotatable bonds is 5. The number of ether oxygens (including phenoxy) is 2. The lowest BCUT2D eigenvalue weighted by Crippen LogP contribution is -2.38. The third-order valence-corrected chi connectivity index (χ3v) is 5.25. The zero-order valence-electron chi connectivity index (χ0n) is 16.2. The van der Waals surface area contributed by atoms with Gasteiger partial charge in [-0.25, -0.2) is 9.97 Å². The smallest absolute Gasteiger partial charge is 0.227 e. The summed E-state index contributed by atoms with van der Waals surface area (Å²) in [5.74, 6) is 1.42. The quantitative estimate of drug-likeness (QED) is 0.856. The number of fused-ring (bicyclic) bond motifs is 1. The summed E-state index contributed by atoms with van der Waals surface area (Å²) in [7, 11) is 0. The maximum atomic E-state index is 12.8. The van der Waals surface area contributed by atoms with Crippen LogP contribution in [-0.2, 0) is 22.4 Å². The average molecular weight is 382 g/mol. The van der Waals surface area contributed by atoms with E-state index >= 15 is 0 Å². The first kappa shape index (κ1) is 18.7. The van der Waals surface area contributed by atoms with Crippen LogP contribution in [0.15, 0.2) is 30.5 Å². The van der Waals surface area contributed by atoms with Crippen molar-refractivity contribution in [3.05, 3.63) is 41.7 Å². The van der Waals surface area contributed by atoms with Gasteiger partial charge in [-0.05, 0) is 43.9 Å². The van der Waals surface area contributed by atoms with Crippen molar-refractivity contribution in [2.75, 3.05) is 43.1 Å².